The maximum atomic E-state index is 13.0. The molecule has 0 aliphatic rings. The first-order valence-electron chi connectivity index (χ1n) is 13.5. The molecule has 0 bridgehead atoms. The second-order valence-electron chi connectivity index (χ2n) is 9.92. The van der Waals surface area contributed by atoms with Gasteiger partial charge in [0.05, 0.1) is 33.4 Å². The third-order valence-electron chi connectivity index (χ3n) is 6.77. The first-order chi connectivity index (χ1) is 22.8. The molecule has 0 saturated heterocycles. The standard InChI is InChI=1S/C31H18F6N6O5/c32-30(33,34)15-9-11-17(21(44)13-15)25-38-27(42-40-25)19-5-1-3-7-23(19)47-29(46)48-24-8-4-2-6-20(24)28-39-26(41-43-28)18-12-10-16(14-22(18)45)31(35,36)37/h1-14,44-45H,(H,38,40,42)(H,39,41,43). The average Bonchev–Trinajstić information content (AvgIpc) is 3.71. The predicted octanol–water partition coefficient (Wildman–Crippen LogP) is 7.62. The molecule has 0 aliphatic carbocycles. The minimum atomic E-state index is -4.66. The number of benzene rings is 4. The van der Waals surface area contributed by atoms with E-state index in [0.717, 1.165) is 24.3 Å². The molecule has 0 amide bonds. The van der Waals surface area contributed by atoms with Crippen molar-refractivity contribution in [3.8, 4) is 68.5 Å². The number of ether oxygens (including phenoxy) is 2. The molecule has 4 N–H and O–H groups in total. The summed E-state index contributed by atoms with van der Waals surface area (Å²) in [5, 5.41) is 33.5. The van der Waals surface area contributed by atoms with Crippen molar-refractivity contribution < 1.29 is 50.8 Å². The smallest absolute Gasteiger partial charge is 0.507 e. The molecule has 48 heavy (non-hydrogen) atoms. The Kier molecular flexibility index (Phi) is 7.95. The molecular weight excluding hydrogens is 650 g/mol. The van der Waals surface area contributed by atoms with Crippen LogP contribution in [0.4, 0.5) is 31.1 Å². The zero-order chi connectivity index (χ0) is 34.2. The van der Waals surface area contributed by atoms with E-state index in [1.165, 1.54) is 24.3 Å². The average molecular weight is 669 g/mol. The van der Waals surface area contributed by atoms with Crippen LogP contribution in [0.3, 0.4) is 0 Å². The third-order valence-corrected chi connectivity index (χ3v) is 6.77. The van der Waals surface area contributed by atoms with Crippen LogP contribution < -0.4 is 9.47 Å². The van der Waals surface area contributed by atoms with Crippen LogP contribution in [0.2, 0.25) is 0 Å². The predicted molar refractivity (Wildman–Crippen MR) is 154 cm³/mol. The molecule has 0 spiro atoms. The van der Waals surface area contributed by atoms with Crippen molar-refractivity contribution in [3.63, 3.8) is 0 Å². The summed E-state index contributed by atoms with van der Waals surface area (Å²) in [6.07, 6.45) is -10.5. The fourth-order valence-corrected chi connectivity index (χ4v) is 4.50. The normalized spacial score (nSPS) is 11.8. The van der Waals surface area contributed by atoms with E-state index in [-0.39, 0.29) is 57.1 Å². The van der Waals surface area contributed by atoms with E-state index in [0.29, 0.717) is 12.1 Å². The van der Waals surface area contributed by atoms with Crippen molar-refractivity contribution in [1.29, 1.82) is 0 Å². The lowest BCUT2D eigenvalue weighted by molar-refractivity contribution is -0.138. The number of hydrogen-bond donors (Lipinski definition) is 4. The number of carbonyl (C=O) groups is 1. The van der Waals surface area contributed by atoms with Gasteiger partial charge in [0, 0.05) is 0 Å². The quantitative estimate of drug-likeness (QED) is 0.0796. The van der Waals surface area contributed by atoms with E-state index in [9.17, 15) is 41.4 Å². The Morgan fingerprint density at radius 3 is 1.35 bits per heavy atom. The number of nitrogens with one attached hydrogen (secondary N) is 2. The molecule has 244 valence electrons. The molecular formula is C31H18F6N6O5. The molecule has 17 heteroatoms. The van der Waals surface area contributed by atoms with Crippen LogP contribution in [0, 0.1) is 0 Å². The number of halogens is 6. The highest BCUT2D eigenvalue weighted by atomic mass is 19.4. The number of aromatic amines is 2. The Labute approximate surface area is 264 Å². The number of hydrogen-bond acceptors (Lipinski definition) is 9. The van der Waals surface area contributed by atoms with Crippen molar-refractivity contribution in [3.05, 3.63) is 96.1 Å². The van der Waals surface area contributed by atoms with E-state index in [4.69, 9.17) is 9.47 Å². The van der Waals surface area contributed by atoms with E-state index in [1.54, 1.807) is 24.3 Å². The first kappa shape index (κ1) is 31.6. The Bertz CT molecular complexity index is 1990. The number of phenolic OH excluding ortho intramolecular Hbond substituents is 2. The number of carbonyl (C=O) groups excluding carboxylic acids is 1. The summed E-state index contributed by atoms with van der Waals surface area (Å²) in [6.45, 7) is 0. The van der Waals surface area contributed by atoms with Gasteiger partial charge in [0.1, 0.15) is 23.0 Å². The van der Waals surface area contributed by atoms with Crippen molar-refractivity contribution in [2.75, 3.05) is 0 Å². The van der Waals surface area contributed by atoms with Gasteiger partial charge in [0.15, 0.2) is 23.3 Å². The van der Waals surface area contributed by atoms with Gasteiger partial charge >= 0.3 is 18.5 Å². The lowest BCUT2D eigenvalue weighted by Crippen LogP contribution is -2.15. The molecule has 0 saturated carbocycles. The summed E-state index contributed by atoms with van der Waals surface area (Å²) in [7, 11) is 0. The maximum absolute atomic E-state index is 13.0. The lowest BCUT2D eigenvalue weighted by Gasteiger charge is -2.10. The molecule has 0 radical (unpaired) electrons. The van der Waals surface area contributed by atoms with Crippen LogP contribution >= 0.6 is 0 Å². The summed E-state index contributed by atoms with van der Waals surface area (Å²) in [5.41, 5.74) is -1.85. The van der Waals surface area contributed by atoms with Gasteiger partial charge in [0.2, 0.25) is 0 Å². The lowest BCUT2D eigenvalue weighted by atomic mass is 10.1. The zero-order valence-electron chi connectivity index (χ0n) is 23.8. The van der Waals surface area contributed by atoms with Gasteiger partial charge in [-0.1, -0.05) is 24.3 Å². The highest BCUT2D eigenvalue weighted by Crippen LogP contribution is 2.38. The van der Waals surface area contributed by atoms with E-state index >= 15 is 0 Å². The minimum Gasteiger partial charge on any atom is -0.507 e. The Morgan fingerprint density at radius 2 is 0.979 bits per heavy atom. The SMILES string of the molecule is O=C(Oc1ccccc1-c1nc(-c2ccc(C(F)(F)F)cc2O)n[nH]1)Oc1ccccc1-c1nc(-c2ccc(C(F)(F)F)cc2O)n[nH]1. The number of H-pyrrole nitrogens is 2. The molecule has 4 aromatic carbocycles. The Balaban J connectivity index is 1.21. The fourth-order valence-electron chi connectivity index (χ4n) is 4.50. The molecule has 11 nitrogen and oxygen atoms in total. The van der Waals surface area contributed by atoms with Crippen LogP contribution in [0.1, 0.15) is 11.1 Å². The molecule has 2 heterocycles. The summed E-state index contributed by atoms with van der Waals surface area (Å²) in [4.78, 5) is 21.4. The summed E-state index contributed by atoms with van der Waals surface area (Å²) >= 11 is 0. The van der Waals surface area contributed by atoms with Crippen LogP contribution in [0.5, 0.6) is 23.0 Å². The molecule has 0 atom stereocenters. The minimum absolute atomic E-state index is 0.0425. The van der Waals surface area contributed by atoms with Gasteiger partial charge in [-0.2, -0.15) is 36.5 Å². The van der Waals surface area contributed by atoms with E-state index in [1.807, 2.05) is 0 Å². The van der Waals surface area contributed by atoms with E-state index < -0.39 is 41.1 Å². The number of rotatable bonds is 6. The van der Waals surface area contributed by atoms with Crippen molar-refractivity contribution >= 4 is 6.16 Å². The van der Waals surface area contributed by atoms with Crippen LogP contribution in [0.25, 0.3) is 45.6 Å². The largest absolute Gasteiger partial charge is 0.519 e. The maximum Gasteiger partial charge on any atom is 0.519 e. The number of nitrogens with zero attached hydrogens (tertiary/aromatic N) is 4. The Hall–Kier alpha value is -6.39. The summed E-state index contributed by atoms with van der Waals surface area (Å²) in [5.74, 6) is -1.63. The summed E-state index contributed by atoms with van der Waals surface area (Å²) < 4.78 is 88.8. The van der Waals surface area contributed by atoms with Gasteiger partial charge < -0.3 is 19.7 Å². The fraction of sp³-hybridized carbons (Fsp3) is 0.0645. The van der Waals surface area contributed by atoms with Gasteiger partial charge in [-0.15, -0.1) is 0 Å². The molecule has 6 aromatic rings. The van der Waals surface area contributed by atoms with Gasteiger partial charge in [-0.3, -0.25) is 10.2 Å². The Morgan fingerprint density at radius 1 is 0.583 bits per heavy atom. The molecule has 0 unspecified atom stereocenters. The second-order valence-corrected chi connectivity index (χ2v) is 9.92. The second kappa shape index (κ2) is 12.1. The first-order valence-corrected chi connectivity index (χ1v) is 13.5. The number of para-hydroxylation sites is 2. The summed E-state index contributed by atoms with van der Waals surface area (Å²) in [6, 6.07) is 16.8. The monoisotopic (exact) mass is 668 g/mol. The number of aromatic nitrogens is 6. The van der Waals surface area contributed by atoms with Crippen molar-refractivity contribution in [2.24, 2.45) is 0 Å². The van der Waals surface area contributed by atoms with Gasteiger partial charge in [-0.05, 0) is 60.7 Å². The van der Waals surface area contributed by atoms with Crippen LogP contribution in [-0.2, 0) is 12.4 Å². The van der Waals surface area contributed by atoms with Crippen molar-refractivity contribution in [1.82, 2.24) is 30.4 Å². The number of aromatic hydroxyl groups is 2. The number of phenols is 2. The third kappa shape index (κ3) is 6.46. The van der Waals surface area contributed by atoms with Crippen LogP contribution in [0.15, 0.2) is 84.9 Å². The van der Waals surface area contributed by atoms with E-state index in [2.05, 4.69) is 30.4 Å². The zero-order valence-corrected chi connectivity index (χ0v) is 23.8. The van der Waals surface area contributed by atoms with Gasteiger partial charge in [-0.25, -0.2) is 14.8 Å². The highest BCUT2D eigenvalue weighted by Gasteiger charge is 2.32. The molecule has 6 rings (SSSR count). The van der Waals surface area contributed by atoms with Gasteiger partial charge in [0.25, 0.3) is 0 Å². The highest BCUT2D eigenvalue weighted by molar-refractivity contribution is 5.77. The molecule has 2 aromatic heterocycles. The molecule has 0 aliphatic heterocycles. The van der Waals surface area contributed by atoms with Crippen molar-refractivity contribution in [2.45, 2.75) is 12.4 Å². The molecule has 0 fully saturated rings. The topological polar surface area (TPSA) is 159 Å². The number of alkyl halides is 6. The van der Waals surface area contributed by atoms with Crippen LogP contribution in [-0.4, -0.2) is 46.7 Å².